The molecule has 0 saturated carbocycles. The van der Waals surface area contributed by atoms with Gasteiger partial charge >= 0.3 is 6.01 Å². The van der Waals surface area contributed by atoms with Gasteiger partial charge in [-0.15, -0.1) is 5.10 Å². The highest BCUT2D eigenvalue weighted by molar-refractivity contribution is 5.97. The van der Waals surface area contributed by atoms with Crippen LogP contribution in [-0.4, -0.2) is 48.6 Å². The van der Waals surface area contributed by atoms with E-state index in [0.29, 0.717) is 40.8 Å². The molecule has 34 heavy (non-hydrogen) atoms. The molecule has 8 nitrogen and oxygen atoms in total. The van der Waals surface area contributed by atoms with Crippen molar-refractivity contribution in [3.63, 3.8) is 0 Å². The van der Waals surface area contributed by atoms with Crippen LogP contribution in [0, 0.1) is 0 Å². The molecule has 0 aliphatic rings. The summed E-state index contributed by atoms with van der Waals surface area (Å²) in [6, 6.07) is 11.2. The predicted molar refractivity (Wildman–Crippen MR) is 130 cm³/mol. The fourth-order valence-corrected chi connectivity index (χ4v) is 3.52. The molecule has 0 bridgehead atoms. The van der Waals surface area contributed by atoms with Gasteiger partial charge in [0.15, 0.2) is 17.3 Å². The van der Waals surface area contributed by atoms with Gasteiger partial charge in [0.2, 0.25) is 5.75 Å². The number of ether oxygens (including phenoxy) is 4. The molecule has 0 fully saturated rings. The van der Waals surface area contributed by atoms with Crippen LogP contribution in [0.2, 0.25) is 0 Å². The van der Waals surface area contributed by atoms with Crippen molar-refractivity contribution in [2.24, 2.45) is 0 Å². The number of hydrogen-bond acceptors (Lipinski definition) is 7. The van der Waals surface area contributed by atoms with Gasteiger partial charge in [-0.2, -0.15) is 9.67 Å². The summed E-state index contributed by atoms with van der Waals surface area (Å²) in [5, 5.41) is 4.38. The van der Waals surface area contributed by atoms with E-state index in [9.17, 15) is 4.79 Å². The number of carbonyl (C=O) groups is 1. The summed E-state index contributed by atoms with van der Waals surface area (Å²) in [6.07, 6.45) is 5.06. The van der Waals surface area contributed by atoms with Crippen LogP contribution in [0.3, 0.4) is 0 Å². The Kier molecular flexibility index (Phi) is 8.90. The van der Waals surface area contributed by atoms with Crippen molar-refractivity contribution in [2.75, 3.05) is 27.9 Å². The van der Waals surface area contributed by atoms with Gasteiger partial charge in [0.25, 0.3) is 5.91 Å². The summed E-state index contributed by atoms with van der Waals surface area (Å²) in [7, 11) is 4.61. The zero-order chi connectivity index (χ0) is 24.5. The van der Waals surface area contributed by atoms with E-state index < -0.39 is 0 Å². The van der Waals surface area contributed by atoms with E-state index in [1.165, 1.54) is 31.6 Å². The Morgan fingerprint density at radius 2 is 1.56 bits per heavy atom. The van der Waals surface area contributed by atoms with Crippen LogP contribution in [0.5, 0.6) is 23.3 Å². The Morgan fingerprint density at radius 1 is 0.912 bits per heavy atom. The molecule has 0 aliphatic heterocycles. The van der Waals surface area contributed by atoms with Crippen LogP contribution in [0.1, 0.15) is 55.5 Å². The maximum Gasteiger partial charge on any atom is 0.336 e. The number of aryl methyl sites for hydroxylation is 1. The van der Waals surface area contributed by atoms with Crippen LogP contribution in [0.25, 0.3) is 11.4 Å². The molecule has 0 amide bonds. The number of methoxy groups -OCH3 is 3. The van der Waals surface area contributed by atoms with E-state index in [1.807, 2.05) is 24.3 Å². The molecule has 0 aliphatic carbocycles. The van der Waals surface area contributed by atoms with Crippen molar-refractivity contribution in [3.05, 3.63) is 47.5 Å². The Balaban J connectivity index is 2.04. The van der Waals surface area contributed by atoms with Gasteiger partial charge < -0.3 is 18.9 Å². The number of unbranched alkanes of at least 4 members (excludes halogenated alkanes) is 2. The largest absolute Gasteiger partial charge is 0.493 e. The van der Waals surface area contributed by atoms with Gasteiger partial charge in [-0.1, -0.05) is 38.8 Å². The van der Waals surface area contributed by atoms with E-state index in [2.05, 4.69) is 23.9 Å². The molecule has 0 radical (unpaired) electrons. The van der Waals surface area contributed by atoms with Crippen LogP contribution in [-0.2, 0) is 6.42 Å². The normalized spacial score (nSPS) is 10.7. The van der Waals surface area contributed by atoms with Crippen molar-refractivity contribution in [2.45, 2.75) is 46.0 Å². The molecule has 8 heteroatoms. The third-order valence-corrected chi connectivity index (χ3v) is 5.45. The lowest BCUT2D eigenvalue weighted by atomic mass is 10.1. The molecule has 0 unspecified atom stereocenters. The molecule has 0 N–H and O–H groups in total. The summed E-state index contributed by atoms with van der Waals surface area (Å²) < 4.78 is 23.4. The number of benzene rings is 2. The van der Waals surface area contributed by atoms with Gasteiger partial charge in [-0.05, 0) is 49.1 Å². The Hall–Kier alpha value is -3.55. The molecule has 2 aromatic carbocycles. The third-order valence-electron chi connectivity index (χ3n) is 5.45. The topological polar surface area (TPSA) is 84.7 Å². The van der Waals surface area contributed by atoms with Crippen LogP contribution in [0.15, 0.2) is 36.4 Å². The van der Waals surface area contributed by atoms with E-state index in [0.717, 1.165) is 32.1 Å². The van der Waals surface area contributed by atoms with Crippen molar-refractivity contribution < 1.29 is 23.7 Å². The molecule has 0 atom stereocenters. The average Bonchev–Trinajstić information content (AvgIpc) is 3.30. The Bertz CT molecular complexity index is 1070. The van der Waals surface area contributed by atoms with Crippen LogP contribution in [0.4, 0.5) is 0 Å². The van der Waals surface area contributed by atoms with Crippen LogP contribution < -0.4 is 18.9 Å². The standard InChI is InChI=1S/C26H33N3O5/c1-6-8-10-18-11-13-19(14-12-18)25(30)29-24(27-26(28-29)34-15-9-7-2)20-16-21(31-3)23(33-5)22(17-20)32-4/h11-14,16-17H,6-10,15H2,1-5H3. The smallest absolute Gasteiger partial charge is 0.336 e. The lowest BCUT2D eigenvalue weighted by Gasteiger charge is -2.14. The molecule has 0 saturated heterocycles. The van der Waals surface area contributed by atoms with E-state index in [1.54, 1.807) is 12.1 Å². The quantitative estimate of drug-likeness (QED) is 0.339. The highest BCUT2D eigenvalue weighted by atomic mass is 16.5. The number of carbonyl (C=O) groups excluding carboxylic acids is 1. The first-order valence-electron chi connectivity index (χ1n) is 11.6. The first-order valence-corrected chi connectivity index (χ1v) is 11.6. The zero-order valence-corrected chi connectivity index (χ0v) is 20.6. The van der Waals surface area contributed by atoms with Gasteiger partial charge in [-0.25, -0.2) is 0 Å². The summed E-state index contributed by atoms with van der Waals surface area (Å²) >= 11 is 0. The van der Waals surface area contributed by atoms with Gasteiger partial charge in [0, 0.05) is 11.1 Å². The minimum atomic E-state index is -0.302. The second-order valence-electron chi connectivity index (χ2n) is 7.85. The van der Waals surface area contributed by atoms with Crippen molar-refractivity contribution in [3.8, 4) is 34.6 Å². The Morgan fingerprint density at radius 3 is 2.12 bits per heavy atom. The molecular formula is C26H33N3O5. The second-order valence-corrected chi connectivity index (χ2v) is 7.85. The number of nitrogens with zero attached hydrogens (tertiary/aromatic N) is 3. The monoisotopic (exact) mass is 467 g/mol. The number of hydrogen-bond donors (Lipinski definition) is 0. The molecular weight excluding hydrogens is 434 g/mol. The lowest BCUT2D eigenvalue weighted by molar-refractivity contribution is 0.0944. The molecule has 3 aromatic rings. The SMILES string of the molecule is CCCCOc1nc(-c2cc(OC)c(OC)c(OC)c2)n(C(=O)c2ccc(CCCC)cc2)n1. The molecule has 1 aromatic heterocycles. The summed E-state index contributed by atoms with van der Waals surface area (Å²) in [5.74, 6) is 1.38. The van der Waals surface area contributed by atoms with Crippen molar-refractivity contribution in [1.29, 1.82) is 0 Å². The fourth-order valence-electron chi connectivity index (χ4n) is 3.52. The maximum absolute atomic E-state index is 13.5. The first-order chi connectivity index (χ1) is 16.6. The lowest BCUT2D eigenvalue weighted by Crippen LogP contribution is -2.15. The van der Waals surface area contributed by atoms with E-state index >= 15 is 0 Å². The predicted octanol–water partition coefficient (Wildman–Crippen LogP) is 5.18. The van der Waals surface area contributed by atoms with Crippen LogP contribution >= 0.6 is 0 Å². The van der Waals surface area contributed by atoms with Crippen molar-refractivity contribution in [1.82, 2.24) is 14.8 Å². The second kappa shape index (κ2) is 12.1. The molecule has 182 valence electrons. The first kappa shape index (κ1) is 25.1. The fraction of sp³-hybridized carbons (Fsp3) is 0.423. The minimum Gasteiger partial charge on any atom is -0.493 e. The summed E-state index contributed by atoms with van der Waals surface area (Å²) in [6.45, 7) is 4.70. The van der Waals surface area contributed by atoms with Crippen molar-refractivity contribution >= 4 is 5.91 Å². The van der Waals surface area contributed by atoms with Gasteiger partial charge in [0.1, 0.15) is 0 Å². The molecule has 3 rings (SSSR count). The number of aromatic nitrogens is 3. The van der Waals surface area contributed by atoms with Gasteiger partial charge in [-0.3, -0.25) is 4.79 Å². The summed E-state index contributed by atoms with van der Waals surface area (Å²) in [5.41, 5.74) is 2.30. The highest BCUT2D eigenvalue weighted by Gasteiger charge is 2.23. The molecule has 1 heterocycles. The van der Waals surface area contributed by atoms with E-state index in [-0.39, 0.29) is 11.9 Å². The summed E-state index contributed by atoms with van der Waals surface area (Å²) in [4.78, 5) is 18.0. The van der Waals surface area contributed by atoms with E-state index in [4.69, 9.17) is 18.9 Å². The minimum absolute atomic E-state index is 0.144. The zero-order valence-electron chi connectivity index (χ0n) is 20.6. The average molecular weight is 468 g/mol. The highest BCUT2D eigenvalue weighted by Crippen LogP contribution is 2.41. The number of rotatable bonds is 12. The maximum atomic E-state index is 13.5. The molecule has 0 spiro atoms. The Labute approximate surface area is 200 Å². The van der Waals surface area contributed by atoms with Gasteiger partial charge in [0.05, 0.1) is 27.9 Å². The third kappa shape index (κ3) is 5.68.